The summed E-state index contributed by atoms with van der Waals surface area (Å²) in [4.78, 5) is 59.9. The predicted octanol–water partition coefficient (Wildman–Crippen LogP) is -2.79. The fourth-order valence-corrected chi connectivity index (χ4v) is 3.34. The Hall–Kier alpha value is -2.38. The average molecular weight is 461 g/mol. The average Bonchev–Trinajstić information content (AvgIpc) is 3.25. The lowest BCUT2D eigenvalue weighted by molar-refractivity contribution is -0.143. The maximum absolute atomic E-state index is 12.7. The number of rotatable bonds is 14. The van der Waals surface area contributed by atoms with Crippen molar-refractivity contribution in [2.45, 2.75) is 62.7 Å². The summed E-state index contributed by atoms with van der Waals surface area (Å²) >= 11 is 4.11. The zero-order valence-corrected chi connectivity index (χ0v) is 18.2. The number of nitrogens with one attached hydrogen (secondary N) is 4. The van der Waals surface area contributed by atoms with E-state index in [1.54, 1.807) is 0 Å². The molecule has 0 bridgehead atoms. The third-order valence-electron chi connectivity index (χ3n) is 4.79. The van der Waals surface area contributed by atoms with Crippen LogP contribution < -0.4 is 32.7 Å². The van der Waals surface area contributed by atoms with Crippen molar-refractivity contribution in [2.75, 3.05) is 18.8 Å². The van der Waals surface area contributed by atoms with Crippen LogP contribution in [0.4, 0.5) is 0 Å². The van der Waals surface area contributed by atoms with Crippen molar-refractivity contribution in [1.29, 1.82) is 0 Å². The maximum atomic E-state index is 12.7. The van der Waals surface area contributed by atoms with Crippen LogP contribution in [0.3, 0.4) is 0 Å². The van der Waals surface area contributed by atoms with Crippen LogP contribution in [0.1, 0.15) is 38.5 Å². The minimum Gasteiger partial charge on any atom is -0.480 e. The first-order valence-corrected chi connectivity index (χ1v) is 10.8. The number of primary amides is 1. The Morgan fingerprint density at radius 3 is 2.19 bits per heavy atom. The summed E-state index contributed by atoms with van der Waals surface area (Å²) in [5.41, 5.74) is 10.5. The van der Waals surface area contributed by atoms with Crippen molar-refractivity contribution < 1.29 is 29.1 Å². The normalized spacial score (nSPS) is 18.5. The highest BCUT2D eigenvalue weighted by atomic mass is 32.1. The van der Waals surface area contributed by atoms with Gasteiger partial charge in [0.1, 0.15) is 18.1 Å². The molecular formula is C18H32N6O6S. The van der Waals surface area contributed by atoms with Gasteiger partial charge in [-0.25, -0.2) is 4.79 Å². The number of carboxylic acid groups (broad SMARTS) is 1. The lowest BCUT2D eigenvalue weighted by Gasteiger charge is -2.24. The lowest BCUT2D eigenvalue weighted by atomic mass is 10.1. The van der Waals surface area contributed by atoms with E-state index in [-0.39, 0.29) is 24.1 Å². The summed E-state index contributed by atoms with van der Waals surface area (Å²) in [6.07, 6.45) is 2.20. The Bertz CT molecular complexity index is 657. The van der Waals surface area contributed by atoms with Gasteiger partial charge in [0.2, 0.25) is 23.6 Å². The van der Waals surface area contributed by atoms with Crippen molar-refractivity contribution in [1.82, 2.24) is 21.3 Å². The topological polar surface area (TPSA) is 206 Å². The number of carbonyl (C=O) groups is 5. The third-order valence-corrected chi connectivity index (χ3v) is 5.16. The first kappa shape index (κ1) is 26.7. The highest BCUT2D eigenvalue weighted by Crippen LogP contribution is 2.07. The molecule has 4 atom stereocenters. The minimum absolute atomic E-state index is 0.000852. The van der Waals surface area contributed by atoms with Gasteiger partial charge in [-0.05, 0) is 45.2 Å². The summed E-state index contributed by atoms with van der Waals surface area (Å²) < 4.78 is 0. The molecule has 0 aromatic rings. The van der Waals surface area contributed by atoms with Crippen molar-refractivity contribution >= 4 is 42.2 Å². The molecule has 31 heavy (non-hydrogen) atoms. The van der Waals surface area contributed by atoms with E-state index in [0.29, 0.717) is 25.8 Å². The number of hydrogen-bond acceptors (Lipinski definition) is 8. The first-order valence-electron chi connectivity index (χ1n) is 10.2. The summed E-state index contributed by atoms with van der Waals surface area (Å²) in [5.74, 6) is -4.06. The van der Waals surface area contributed by atoms with Gasteiger partial charge in [-0.1, -0.05) is 0 Å². The van der Waals surface area contributed by atoms with Crippen LogP contribution in [0.15, 0.2) is 0 Å². The molecule has 13 heteroatoms. The molecule has 1 aliphatic rings. The summed E-state index contributed by atoms with van der Waals surface area (Å²) in [6.45, 7) is 1.10. The third kappa shape index (κ3) is 9.53. The second-order valence-corrected chi connectivity index (χ2v) is 7.67. The molecule has 1 heterocycles. The fraction of sp³-hybridized carbons (Fsp3) is 0.722. The van der Waals surface area contributed by atoms with Crippen LogP contribution in [-0.4, -0.2) is 77.7 Å². The quantitative estimate of drug-likeness (QED) is 0.100. The molecule has 0 aromatic heterocycles. The smallest absolute Gasteiger partial charge is 0.326 e. The molecule has 9 N–H and O–H groups in total. The van der Waals surface area contributed by atoms with Crippen molar-refractivity contribution in [3.05, 3.63) is 0 Å². The Balaban J connectivity index is 2.81. The SMILES string of the molecule is NCCCCC(NC(=O)C(CS)NC(=O)C1CCCN1)C(=O)NC(CC(N)=O)C(=O)O. The van der Waals surface area contributed by atoms with E-state index in [9.17, 15) is 29.1 Å². The first-order chi connectivity index (χ1) is 14.7. The Labute approximate surface area is 186 Å². The molecule has 0 spiro atoms. The van der Waals surface area contributed by atoms with Gasteiger partial charge in [-0.3, -0.25) is 19.2 Å². The molecule has 12 nitrogen and oxygen atoms in total. The van der Waals surface area contributed by atoms with E-state index < -0.39 is 48.2 Å². The van der Waals surface area contributed by atoms with Gasteiger partial charge in [0.05, 0.1) is 12.5 Å². The predicted molar refractivity (Wildman–Crippen MR) is 115 cm³/mol. The standard InChI is InChI=1S/C18H32N6O6S/c19-6-2-1-4-11(16(27)23-12(18(29)30)8-14(20)25)22-17(28)13(9-31)24-15(26)10-5-3-7-21-10/h10-13,21,31H,1-9,19H2,(H2,20,25)(H,22,28)(H,23,27)(H,24,26)(H,29,30). The molecule has 1 saturated heterocycles. The Morgan fingerprint density at radius 2 is 1.68 bits per heavy atom. The Kier molecular flexibility index (Phi) is 11.9. The van der Waals surface area contributed by atoms with Crippen LogP contribution >= 0.6 is 12.6 Å². The number of thiol groups is 1. The van der Waals surface area contributed by atoms with Crippen LogP contribution in [-0.2, 0) is 24.0 Å². The number of amides is 4. The van der Waals surface area contributed by atoms with Crippen LogP contribution in [0.2, 0.25) is 0 Å². The molecule has 1 rings (SSSR count). The van der Waals surface area contributed by atoms with Gasteiger partial charge < -0.3 is 37.8 Å². The monoisotopic (exact) mass is 460 g/mol. The molecular weight excluding hydrogens is 428 g/mol. The summed E-state index contributed by atoms with van der Waals surface area (Å²) in [7, 11) is 0. The number of carboxylic acids is 1. The largest absolute Gasteiger partial charge is 0.480 e. The number of carbonyl (C=O) groups excluding carboxylic acids is 4. The van der Waals surface area contributed by atoms with E-state index in [1.807, 2.05) is 0 Å². The van der Waals surface area contributed by atoms with Crippen LogP contribution in [0.5, 0.6) is 0 Å². The zero-order valence-electron chi connectivity index (χ0n) is 17.3. The number of unbranched alkanes of at least 4 members (excludes halogenated alkanes) is 1. The number of aliphatic carboxylic acids is 1. The van der Waals surface area contributed by atoms with E-state index in [0.717, 1.165) is 13.0 Å². The van der Waals surface area contributed by atoms with Crippen molar-refractivity contribution in [2.24, 2.45) is 11.5 Å². The second kappa shape index (κ2) is 13.8. The molecule has 1 fully saturated rings. The molecule has 4 unspecified atom stereocenters. The molecule has 4 amide bonds. The van der Waals surface area contributed by atoms with E-state index in [2.05, 4.69) is 33.9 Å². The second-order valence-electron chi connectivity index (χ2n) is 7.31. The zero-order chi connectivity index (χ0) is 23.4. The maximum Gasteiger partial charge on any atom is 0.326 e. The molecule has 0 saturated carbocycles. The van der Waals surface area contributed by atoms with Gasteiger partial charge in [-0.2, -0.15) is 12.6 Å². The Morgan fingerprint density at radius 1 is 1.03 bits per heavy atom. The van der Waals surface area contributed by atoms with E-state index in [4.69, 9.17) is 11.5 Å². The highest BCUT2D eigenvalue weighted by molar-refractivity contribution is 7.80. The van der Waals surface area contributed by atoms with Crippen molar-refractivity contribution in [3.63, 3.8) is 0 Å². The summed E-state index contributed by atoms with van der Waals surface area (Å²) in [5, 5.41) is 19.6. The highest BCUT2D eigenvalue weighted by Gasteiger charge is 2.31. The van der Waals surface area contributed by atoms with Gasteiger partial charge >= 0.3 is 5.97 Å². The van der Waals surface area contributed by atoms with E-state index >= 15 is 0 Å². The van der Waals surface area contributed by atoms with Crippen molar-refractivity contribution in [3.8, 4) is 0 Å². The molecule has 176 valence electrons. The van der Waals surface area contributed by atoms with Gasteiger partial charge in [0, 0.05) is 5.75 Å². The molecule has 1 aliphatic heterocycles. The van der Waals surface area contributed by atoms with Gasteiger partial charge in [0.15, 0.2) is 0 Å². The lowest BCUT2D eigenvalue weighted by Crippen LogP contribution is -2.57. The van der Waals surface area contributed by atoms with E-state index in [1.165, 1.54) is 0 Å². The molecule has 0 radical (unpaired) electrons. The van der Waals surface area contributed by atoms with Crippen LogP contribution in [0.25, 0.3) is 0 Å². The number of nitrogens with two attached hydrogens (primary N) is 2. The summed E-state index contributed by atoms with van der Waals surface area (Å²) in [6, 6.07) is -3.97. The molecule has 0 aliphatic carbocycles. The van der Waals surface area contributed by atoms with Crippen LogP contribution in [0, 0.1) is 0 Å². The fourth-order valence-electron chi connectivity index (χ4n) is 3.08. The van der Waals surface area contributed by atoms with Gasteiger partial charge in [0.25, 0.3) is 0 Å². The minimum atomic E-state index is -1.52. The number of hydrogen-bond donors (Lipinski definition) is 8. The van der Waals surface area contributed by atoms with Gasteiger partial charge in [-0.15, -0.1) is 0 Å². The molecule has 0 aromatic carbocycles.